The van der Waals surface area contributed by atoms with Gasteiger partial charge in [0.15, 0.2) is 11.6 Å². The van der Waals surface area contributed by atoms with Crippen molar-refractivity contribution in [2.24, 2.45) is 0 Å². The molecule has 14 rings (SSSR count). The van der Waals surface area contributed by atoms with E-state index in [2.05, 4.69) is 201 Å². The first-order valence-corrected chi connectivity index (χ1v) is 27.2. The lowest BCUT2D eigenvalue weighted by Crippen LogP contribution is -2.11. The Labute approximate surface area is 473 Å². The highest BCUT2D eigenvalue weighted by Crippen LogP contribution is 2.43. The second-order valence-electron chi connectivity index (χ2n) is 20.3. The number of carbonyl (C=O) groups is 2. The van der Waals surface area contributed by atoms with E-state index in [0.29, 0.717) is 11.1 Å². The number of anilines is 6. The van der Waals surface area contributed by atoms with Crippen LogP contribution < -0.4 is 9.80 Å². The van der Waals surface area contributed by atoms with Crippen LogP contribution in [0.2, 0.25) is 0 Å². The van der Waals surface area contributed by atoms with Crippen LogP contribution in [0.1, 0.15) is 31.8 Å². The van der Waals surface area contributed by atoms with Gasteiger partial charge in [0.25, 0.3) is 0 Å². The van der Waals surface area contributed by atoms with Crippen molar-refractivity contribution in [3.8, 4) is 34.0 Å². The van der Waals surface area contributed by atoms with Crippen LogP contribution >= 0.6 is 0 Å². The van der Waals surface area contributed by atoms with Gasteiger partial charge in [0.1, 0.15) is 11.5 Å². The SMILES string of the molecule is O=C(c1ccc(N(c2ccc(-c3ccc(N(c4ccc(C(=O)c5ccccc5O)cc4)c4ccc5c(c4)c4ccccc4n5-c4ccccc4)cc3)cc2)c2ccc3c(c2)c2ccccc2n3-c2ccccc2)cc1)c1ccccc1O. The standard InChI is InChI=1S/C74H50N4O4/c79-71-25-13-9-21-63(71)73(81)51-31-39-57(40-32-51)75(59-43-45-69-65(47-59)61-19-7-11-23-67(61)77(69)53-15-3-1-4-16-53)55-35-27-49(28-36-55)50-29-37-56(38-30-50)76(58-41-33-52(34-42-58)74(82)64-22-10-14-26-72(64)80)60-44-46-70-66(48-60)62-20-8-12-24-68(62)78(70)54-17-5-2-6-18-54/h1-48,79-80H. The summed E-state index contributed by atoms with van der Waals surface area (Å²) in [5, 5.41) is 25.6. The van der Waals surface area contributed by atoms with Gasteiger partial charge in [0, 0.05) is 78.2 Å². The predicted molar refractivity (Wildman–Crippen MR) is 333 cm³/mol. The molecule has 0 bridgehead atoms. The number of aromatic hydroxyl groups is 2. The van der Waals surface area contributed by atoms with E-state index < -0.39 is 0 Å². The molecule has 12 aromatic carbocycles. The number of carbonyl (C=O) groups excluding carboxylic acids is 2. The molecule has 0 saturated heterocycles. The monoisotopic (exact) mass is 1060 g/mol. The van der Waals surface area contributed by atoms with E-state index >= 15 is 0 Å². The second-order valence-corrected chi connectivity index (χ2v) is 20.3. The largest absolute Gasteiger partial charge is 0.507 e. The average Bonchev–Trinajstić information content (AvgIpc) is 4.00. The maximum atomic E-state index is 13.7. The van der Waals surface area contributed by atoms with E-state index in [9.17, 15) is 19.8 Å². The lowest BCUT2D eigenvalue weighted by Gasteiger charge is -2.27. The van der Waals surface area contributed by atoms with Gasteiger partial charge in [-0.2, -0.15) is 0 Å². The van der Waals surface area contributed by atoms with E-state index in [1.165, 1.54) is 12.1 Å². The Morgan fingerprint density at radius 1 is 0.280 bits per heavy atom. The summed E-state index contributed by atoms with van der Waals surface area (Å²) >= 11 is 0. The number of fused-ring (bicyclic) bond motifs is 6. The van der Waals surface area contributed by atoms with Crippen LogP contribution in [0.3, 0.4) is 0 Å². The zero-order chi connectivity index (χ0) is 55.3. The number of rotatable bonds is 13. The topological polar surface area (TPSA) is 90.9 Å². The van der Waals surface area contributed by atoms with Crippen LogP contribution in [-0.4, -0.2) is 30.9 Å². The highest BCUT2D eigenvalue weighted by Gasteiger charge is 2.22. The third-order valence-corrected chi connectivity index (χ3v) is 15.5. The van der Waals surface area contributed by atoms with Crippen molar-refractivity contribution in [2.75, 3.05) is 9.80 Å². The summed E-state index contributed by atoms with van der Waals surface area (Å²) in [4.78, 5) is 31.8. The summed E-state index contributed by atoms with van der Waals surface area (Å²) in [6.45, 7) is 0. The van der Waals surface area contributed by atoms with Gasteiger partial charge in [-0.1, -0.05) is 121 Å². The first kappa shape index (κ1) is 49.1. The van der Waals surface area contributed by atoms with Crippen molar-refractivity contribution in [3.63, 3.8) is 0 Å². The smallest absolute Gasteiger partial charge is 0.196 e. The molecule has 0 unspecified atom stereocenters. The van der Waals surface area contributed by atoms with Crippen LogP contribution in [0.4, 0.5) is 34.1 Å². The molecule has 2 aromatic heterocycles. The minimum absolute atomic E-state index is 0.0546. The average molecular weight is 1060 g/mol. The Balaban J connectivity index is 0.841. The van der Waals surface area contributed by atoms with E-state index in [4.69, 9.17) is 0 Å². The minimum Gasteiger partial charge on any atom is -0.507 e. The molecule has 0 radical (unpaired) electrons. The molecule has 0 aliphatic rings. The summed E-state index contributed by atoms with van der Waals surface area (Å²) in [5.41, 5.74) is 15.5. The van der Waals surface area contributed by atoms with Crippen molar-refractivity contribution in [1.29, 1.82) is 0 Å². The number of hydrogen-bond donors (Lipinski definition) is 2. The molecule has 2 N–H and O–H groups in total. The lowest BCUT2D eigenvalue weighted by molar-refractivity contribution is 0.102. The van der Waals surface area contributed by atoms with Crippen LogP contribution in [0.25, 0.3) is 66.1 Å². The fourth-order valence-electron chi connectivity index (χ4n) is 11.6. The van der Waals surface area contributed by atoms with Crippen LogP contribution in [0, 0.1) is 0 Å². The molecule has 0 atom stereocenters. The van der Waals surface area contributed by atoms with Crippen LogP contribution in [0.5, 0.6) is 11.5 Å². The molecule has 0 aliphatic heterocycles. The fraction of sp³-hybridized carbons (Fsp3) is 0. The number of nitrogens with zero attached hydrogens (tertiary/aromatic N) is 4. The second kappa shape index (κ2) is 20.5. The van der Waals surface area contributed by atoms with Gasteiger partial charge in [0.2, 0.25) is 0 Å². The number of aromatic nitrogens is 2. The van der Waals surface area contributed by atoms with Crippen molar-refractivity contribution >= 4 is 89.3 Å². The maximum Gasteiger partial charge on any atom is 0.196 e. The molecule has 8 nitrogen and oxygen atoms in total. The van der Waals surface area contributed by atoms with Gasteiger partial charge in [-0.25, -0.2) is 0 Å². The van der Waals surface area contributed by atoms with Gasteiger partial charge in [0.05, 0.1) is 33.2 Å². The lowest BCUT2D eigenvalue weighted by atomic mass is 10.0. The molecule has 82 heavy (non-hydrogen) atoms. The molecule has 2 heterocycles. The van der Waals surface area contributed by atoms with Crippen molar-refractivity contribution in [3.05, 3.63) is 313 Å². The van der Waals surface area contributed by atoms with Crippen molar-refractivity contribution < 1.29 is 19.8 Å². The molecule has 0 saturated carbocycles. The van der Waals surface area contributed by atoms with Gasteiger partial charge >= 0.3 is 0 Å². The Morgan fingerprint density at radius 3 is 0.963 bits per heavy atom. The molecular formula is C74H50N4O4. The molecule has 390 valence electrons. The molecule has 0 fully saturated rings. The maximum absolute atomic E-state index is 13.7. The van der Waals surface area contributed by atoms with E-state index in [-0.39, 0.29) is 34.2 Å². The first-order valence-electron chi connectivity index (χ1n) is 27.2. The molecular weight excluding hydrogens is 1010 g/mol. The van der Waals surface area contributed by atoms with Crippen LogP contribution in [-0.2, 0) is 0 Å². The van der Waals surface area contributed by atoms with E-state index in [0.717, 1.165) is 100 Å². The summed E-state index contributed by atoms with van der Waals surface area (Å²) in [5.74, 6) is -0.622. The Kier molecular flexibility index (Phi) is 12.3. The Morgan fingerprint density at radius 2 is 0.585 bits per heavy atom. The fourth-order valence-corrected chi connectivity index (χ4v) is 11.6. The molecule has 0 amide bonds. The number of hydrogen-bond acceptors (Lipinski definition) is 6. The number of benzene rings is 12. The number of para-hydroxylation sites is 6. The number of phenols is 2. The Hall–Kier alpha value is -11.2. The minimum atomic E-state index is -0.256. The van der Waals surface area contributed by atoms with E-state index in [1.807, 2.05) is 60.7 Å². The Bertz CT molecular complexity index is 4420. The van der Waals surface area contributed by atoms with E-state index in [1.54, 1.807) is 36.4 Å². The summed E-state index contributed by atoms with van der Waals surface area (Å²) in [6.07, 6.45) is 0. The third kappa shape index (κ3) is 8.68. The first-order chi connectivity index (χ1) is 40.3. The summed E-state index contributed by atoms with van der Waals surface area (Å²) in [6, 6.07) is 96.5. The molecule has 0 spiro atoms. The van der Waals surface area contributed by atoms with Gasteiger partial charge in [-0.05, 0) is 181 Å². The van der Waals surface area contributed by atoms with Crippen molar-refractivity contribution in [2.45, 2.75) is 0 Å². The predicted octanol–water partition coefficient (Wildman–Crippen LogP) is 18.4. The normalized spacial score (nSPS) is 11.4. The summed E-state index contributed by atoms with van der Waals surface area (Å²) < 4.78 is 4.61. The van der Waals surface area contributed by atoms with Crippen LogP contribution in [0.15, 0.2) is 291 Å². The highest BCUT2D eigenvalue weighted by atomic mass is 16.3. The van der Waals surface area contributed by atoms with Gasteiger partial charge < -0.3 is 29.1 Å². The number of phenolic OH excluding ortho intramolecular Hbond substituents is 2. The zero-order valence-corrected chi connectivity index (χ0v) is 44.2. The number of ketones is 2. The summed E-state index contributed by atoms with van der Waals surface area (Å²) in [7, 11) is 0. The third-order valence-electron chi connectivity index (χ3n) is 15.5. The quantitative estimate of drug-likeness (QED) is 0.112. The van der Waals surface area contributed by atoms with Gasteiger partial charge in [-0.3, -0.25) is 9.59 Å². The zero-order valence-electron chi connectivity index (χ0n) is 44.2. The molecule has 0 aliphatic carbocycles. The molecule has 8 heteroatoms. The van der Waals surface area contributed by atoms with Crippen molar-refractivity contribution in [1.82, 2.24) is 9.13 Å². The van der Waals surface area contributed by atoms with Gasteiger partial charge in [-0.15, -0.1) is 0 Å². The highest BCUT2D eigenvalue weighted by molar-refractivity contribution is 6.14. The molecule has 14 aromatic rings.